The van der Waals surface area contributed by atoms with Crippen LogP contribution in [-0.4, -0.2) is 9.97 Å². The third-order valence-corrected chi connectivity index (χ3v) is 2.81. The van der Waals surface area contributed by atoms with Crippen LogP contribution in [0.3, 0.4) is 0 Å². The largest absolute Gasteiger partial charge is 0.261 e. The lowest BCUT2D eigenvalue weighted by Gasteiger charge is -2.02. The van der Waals surface area contributed by atoms with Gasteiger partial charge in [-0.3, -0.25) is 9.97 Å². The Kier molecular flexibility index (Phi) is 6.20. The van der Waals surface area contributed by atoms with Crippen molar-refractivity contribution in [1.82, 2.24) is 9.97 Å². The zero-order valence-electron chi connectivity index (χ0n) is 12.6. The minimum Gasteiger partial charge on any atom is -0.261 e. The van der Waals surface area contributed by atoms with Crippen molar-refractivity contribution >= 4 is 0 Å². The van der Waals surface area contributed by atoms with Crippen LogP contribution >= 0.6 is 0 Å². The first-order valence-electron chi connectivity index (χ1n) is 6.84. The Morgan fingerprint density at radius 3 is 1.79 bits per heavy atom. The molecule has 2 rings (SSSR count). The van der Waals surface area contributed by atoms with Crippen LogP contribution in [0.25, 0.3) is 0 Å². The molecule has 0 aromatic carbocycles. The third-order valence-electron chi connectivity index (χ3n) is 2.81. The fourth-order valence-corrected chi connectivity index (χ4v) is 1.54. The van der Waals surface area contributed by atoms with E-state index in [4.69, 9.17) is 0 Å². The van der Waals surface area contributed by atoms with Crippen LogP contribution in [0.1, 0.15) is 56.5 Å². The maximum atomic E-state index is 4.28. The monoisotopic (exact) mass is 256 g/mol. The molecule has 0 saturated carbocycles. The highest BCUT2D eigenvalue weighted by atomic mass is 14.7. The molecular formula is C17H24N2. The second kappa shape index (κ2) is 7.67. The summed E-state index contributed by atoms with van der Waals surface area (Å²) in [7, 11) is 0. The lowest BCUT2D eigenvalue weighted by Crippen LogP contribution is -1.90. The van der Waals surface area contributed by atoms with Gasteiger partial charge < -0.3 is 0 Å². The van der Waals surface area contributed by atoms with E-state index in [0.29, 0.717) is 11.8 Å². The standard InChI is InChI=1S/C9H13N.C8H11N/c1-7(2)9-5-4-8(3)6-10-9;1-7(2)8-5-3-4-6-9-8/h4-7H,1-3H3;3-7H,1-2H3. The Hall–Kier alpha value is -1.70. The number of pyridine rings is 2. The van der Waals surface area contributed by atoms with Crippen LogP contribution < -0.4 is 0 Å². The highest BCUT2D eigenvalue weighted by Gasteiger charge is 1.97. The van der Waals surface area contributed by atoms with Crippen LogP contribution in [0.2, 0.25) is 0 Å². The Morgan fingerprint density at radius 1 is 0.789 bits per heavy atom. The number of hydrogen-bond acceptors (Lipinski definition) is 2. The van der Waals surface area contributed by atoms with Gasteiger partial charge in [0.1, 0.15) is 0 Å². The summed E-state index contributed by atoms with van der Waals surface area (Å²) >= 11 is 0. The zero-order valence-corrected chi connectivity index (χ0v) is 12.6. The van der Waals surface area contributed by atoms with E-state index in [2.05, 4.69) is 56.7 Å². The molecule has 19 heavy (non-hydrogen) atoms. The molecule has 0 atom stereocenters. The van der Waals surface area contributed by atoms with Crippen molar-refractivity contribution in [3.63, 3.8) is 0 Å². The first-order valence-corrected chi connectivity index (χ1v) is 6.84. The molecule has 102 valence electrons. The second-order valence-corrected chi connectivity index (χ2v) is 5.32. The molecular weight excluding hydrogens is 232 g/mol. The lowest BCUT2D eigenvalue weighted by molar-refractivity contribution is 0.821. The first kappa shape index (κ1) is 15.4. The molecule has 0 saturated heterocycles. The molecule has 2 aromatic rings. The van der Waals surface area contributed by atoms with Crippen molar-refractivity contribution < 1.29 is 0 Å². The van der Waals surface area contributed by atoms with Gasteiger partial charge in [-0.1, -0.05) is 39.8 Å². The summed E-state index contributed by atoms with van der Waals surface area (Å²) in [6.07, 6.45) is 3.74. The quantitative estimate of drug-likeness (QED) is 0.777. The first-order chi connectivity index (χ1) is 9.00. The van der Waals surface area contributed by atoms with E-state index in [9.17, 15) is 0 Å². The molecule has 0 amide bonds. The van der Waals surface area contributed by atoms with Crippen molar-refractivity contribution in [2.45, 2.75) is 46.5 Å². The van der Waals surface area contributed by atoms with Gasteiger partial charge >= 0.3 is 0 Å². The minimum atomic E-state index is 0.542. The van der Waals surface area contributed by atoms with Gasteiger partial charge in [0, 0.05) is 23.8 Å². The fraction of sp³-hybridized carbons (Fsp3) is 0.412. The molecule has 0 bridgehead atoms. The van der Waals surface area contributed by atoms with E-state index >= 15 is 0 Å². The van der Waals surface area contributed by atoms with Crippen molar-refractivity contribution in [3.8, 4) is 0 Å². The number of hydrogen-bond donors (Lipinski definition) is 0. The Balaban J connectivity index is 0.000000191. The molecule has 0 aliphatic carbocycles. The molecule has 0 spiro atoms. The van der Waals surface area contributed by atoms with Gasteiger partial charge in [-0.2, -0.15) is 0 Å². The number of rotatable bonds is 2. The number of nitrogens with zero attached hydrogens (tertiary/aromatic N) is 2. The minimum absolute atomic E-state index is 0.542. The summed E-state index contributed by atoms with van der Waals surface area (Å²) in [6.45, 7) is 10.6. The average Bonchev–Trinajstić information content (AvgIpc) is 2.41. The maximum absolute atomic E-state index is 4.28. The van der Waals surface area contributed by atoms with E-state index < -0.39 is 0 Å². The average molecular weight is 256 g/mol. The van der Waals surface area contributed by atoms with E-state index in [1.165, 1.54) is 11.3 Å². The number of aromatic nitrogens is 2. The van der Waals surface area contributed by atoms with Crippen molar-refractivity contribution in [1.29, 1.82) is 0 Å². The van der Waals surface area contributed by atoms with Crippen molar-refractivity contribution in [2.24, 2.45) is 0 Å². The summed E-state index contributed by atoms with van der Waals surface area (Å²) in [5.74, 6) is 1.09. The van der Waals surface area contributed by atoms with Gasteiger partial charge in [0.2, 0.25) is 0 Å². The third kappa shape index (κ3) is 5.64. The lowest BCUT2D eigenvalue weighted by atomic mass is 10.1. The molecule has 2 heteroatoms. The molecule has 0 fully saturated rings. The fourth-order valence-electron chi connectivity index (χ4n) is 1.54. The van der Waals surface area contributed by atoms with Crippen molar-refractivity contribution in [3.05, 3.63) is 59.7 Å². The smallest absolute Gasteiger partial charge is 0.0429 e. The van der Waals surface area contributed by atoms with Crippen LogP contribution in [0, 0.1) is 6.92 Å². The van der Waals surface area contributed by atoms with Crippen LogP contribution in [0.5, 0.6) is 0 Å². The Bertz CT molecular complexity index is 458. The van der Waals surface area contributed by atoms with Gasteiger partial charge in [0.15, 0.2) is 0 Å². The van der Waals surface area contributed by atoms with Gasteiger partial charge in [-0.05, 0) is 42.5 Å². The summed E-state index contributed by atoms with van der Waals surface area (Å²) in [6, 6.07) is 10.2. The topological polar surface area (TPSA) is 25.8 Å². The van der Waals surface area contributed by atoms with Gasteiger partial charge in [-0.15, -0.1) is 0 Å². The van der Waals surface area contributed by atoms with Crippen LogP contribution in [0.15, 0.2) is 42.7 Å². The molecule has 0 radical (unpaired) electrons. The molecule has 2 aromatic heterocycles. The van der Waals surface area contributed by atoms with E-state index in [-0.39, 0.29) is 0 Å². The summed E-state index contributed by atoms with van der Waals surface area (Å²) in [5, 5.41) is 0. The molecule has 0 aliphatic heterocycles. The highest BCUT2D eigenvalue weighted by Crippen LogP contribution is 2.10. The predicted octanol–water partition coefficient (Wildman–Crippen LogP) is 4.72. The molecule has 0 unspecified atom stereocenters. The highest BCUT2D eigenvalue weighted by molar-refractivity contribution is 5.14. The molecule has 0 N–H and O–H groups in total. The van der Waals surface area contributed by atoms with Crippen LogP contribution in [0.4, 0.5) is 0 Å². The van der Waals surface area contributed by atoms with E-state index in [1.807, 2.05) is 30.6 Å². The second-order valence-electron chi connectivity index (χ2n) is 5.32. The van der Waals surface area contributed by atoms with E-state index in [0.717, 1.165) is 5.69 Å². The normalized spacial score (nSPS) is 10.3. The number of aryl methyl sites for hydroxylation is 1. The van der Waals surface area contributed by atoms with Crippen molar-refractivity contribution in [2.75, 3.05) is 0 Å². The molecule has 2 nitrogen and oxygen atoms in total. The summed E-state index contributed by atoms with van der Waals surface area (Å²) < 4.78 is 0. The maximum Gasteiger partial charge on any atom is 0.0429 e. The van der Waals surface area contributed by atoms with Gasteiger partial charge in [-0.25, -0.2) is 0 Å². The zero-order chi connectivity index (χ0) is 14.3. The van der Waals surface area contributed by atoms with Crippen LogP contribution in [-0.2, 0) is 0 Å². The molecule has 0 aliphatic rings. The van der Waals surface area contributed by atoms with Gasteiger partial charge in [0.05, 0.1) is 0 Å². The summed E-state index contributed by atoms with van der Waals surface area (Å²) in [5.41, 5.74) is 3.56. The summed E-state index contributed by atoms with van der Waals surface area (Å²) in [4.78, 5) is 8.46. The Morgan fingerprint density at radius 2 is 1.42 bits per heavy atom. The van der Waals surface area contributed by atoms with E-state index in [1.54, 1.807) is 0 Å². The SMILES string of the molecule is CC(C)c1ccccn1.Cc1ccc(C(C)C)nc1. The Labute approximate surface area is 116 Å². The molecule has 2 heterocycles. The predicted molar refractivity (Wildman–Crippen MR) is 81.4 cm³/mol. The van der Waals surface area contributed by atoms with Gasteiger partial charge in [0.25, 0.3) is 0 Å².